The summed E-state index contributed by atoms with van der Waals surface area (Å²) in [4.78, 5) is 10.6. The lowest BCUT2D eigenvalue weighted by Crippen LogP contribution is -2.38. The molecule has 0 spiro atoms. The van der Waals surface area contributed by atoms with Gasteiger partial charge in [0.25, 0.3) is 0 Å². The van der Waals surface area contributed by atoms with Crippen LogP contribution >= 0.6 is 0 Å². The van der Waals surface area contributed by atoms with Crippen molar-refractivity contribution in [2.75, 3.05) is 15.5 Å². The molecule has 256 valence electrons. The molecule has 0 saturated carbocycles. The number of aryl methyl sites for hydroxylation is 4. The van der Waals surface area contributed by atoms with Gasteiger partial charge >= 0.3 is 0 Å². The van der Waals surface area contributed by atoms with Crippen LogP contribution < -0.4 is 15.5 Å². The molecule has 4 nitrogen and oxygen atoms in total. The second-order valence-electron chi connectivity index (χ2n) is 14.2. The molecule has 52 heavy (non-hydrogen) atoms. The van der Waals surface area contributed by atoms with E-state index in [0.717, 1.165) is 56.4 Å². The maximum atomic E-state index is 7.15. The quantitative estimate of drug-likeness (QED) is 0.135. The first-order valence-corrected chi connectivity index (χ1v) is 18.2. The van der Waals surface area contributed by atoms with E-state index in [9.17, 15) is 0 Å². The number of fused-ring (bicyclic) bond motifs is 3. The fraction of sp³-hybridized carbons (Fsp3) is 0.146. The summed E-state index contributed by atoms with van der Waals surface area (Å²) < 4.78 is 0. The number of allylic oxidation sites excluding steroid dienone is 1. The maximum absolute atomic E-state index is 7.15. The Morgan fingerprint density at radius 2 is 0.962 bits per heavy atom. The first-order chi connectivity index (χ1) is 25.3. The van der Waals surface area contributed by atoms with E-state index in [2.05, 4.69) is 189 Å². The Morgan fingerprint density at radius 1 is 0.519 bits per heavy atom. The van der Waals surface area contributed by atoms with Crippen molar-refractivity contribution in [2.24, 2.45) is 4.99 Å². The first kappa shape index (κ1) is 33.0. The molecule has 7 aromatic carbocycles. The highest BCUT2D eigenvalue weighted by atomic mass is 15.2. The average Bonchev–Trinajstić information content (AvgIpc) is 3.14. The molecule has 0 bridgehead atoms. The van der Waals surface area contributed by atoms with Gasteiger partial charge in [-0.05, 0) is 116 Å². The second-order valence-corrected chi connectivity index (χ2v) is 14.2. The number of anilines is 5. The highest BCUT2D eigenvalue weighted by Crippen LogP contribution is 2.43. The number of aliphatic imine (C=N–C) groups is 1. The van der Waals surface area contributed by atoms with Crippen molar-refractivity contribution in [3.05, 3.63) is 180 Å². The summed E-state index contributed by atoms with van der Waals surface area (Å²) in [5.41, 5.74) is 20.2. The molecule has 7 aromatic rings. The van der Waals surface area contributed by atoms with Crippen LogP contribution in [-0.4, -0.2) is 11.8 Å². The standard InChI is InChI=1S/C48H44N4/c1-32-13-9-17-36(27-32)51(37-18-10-14-33(2)28-37)40-25-26-46(52(38-19-11-15-34(3)29-38)39-20-12-16-35(4)30-39)45(31-40)50-48-44-24-8-6-22-42(44)41-21-5-7-23-43(41)47(48)49/h5-24,26-30,40H,25,31,49H2,1-4H3. The Hall–Kier alpha value is -6.13. The third-order valence-electron chi connectivity index (χ3n) is 10.2. The molecule has 4 heteroatoms. The molecule has 0 fully saturated rings. The summed E-state index contributed by atoms with van der Waals surface area (Å²) in [6.45, 7) is 8.64. The molecule has 1 atom stereocenters. The molecule has 0 saturated heterocycles. The number of nitrogens with two attached hydrogens (primary N) is 1. The predicted octanol–water partition coefficient (Wildman–Crippen LogP) is 12.6. The molecule has 8 rings (SSSR count). The third kappa shape index (κ3) is 6.33. The van der Waals surface area contributed by atoms with E-state index >= 15 is 0 Å². The van der Waals surface area contributed by atoms with E-state index in [1.165, 1.54) is 33.6 Å². The second kappa shape index (κ2) is 13.9. The lowest BCUT2D eigenvalue weighted by molar-refractivity contribution is 0.670. The summed E-state index contributed by atoms with van der Waals surface area (Å²) in [6.07, 6.45) is 3.94. The largest absolute Gasteiger partial charge is 0.396 e. The minimum Gasteiger partial charge on any atom is -0.396 e. The topological polar surface area (TPSA) is 44.9 Å². The monoisotopic (exact) mass is 676 g/mol. The summed E-state index contributed by atoms with van der Waals surface area (Å²) >= 11 is 0. The Labute approximate surface area is 307 Å². The van der Waals surface area contributed by atoms with Crippen molar-refractivity contribution in [1.82, 2.24) is 0 Å². The van der Waals surface area contributed by atoms with Gasteiger partial charge in [0.2, 0.25) is 0 Å². The third-order valence-corrected chi connectivity index (χ3v) is 10.2. The number of rotatable bonds is 7. The first-order valence-electron chi connectivity index (χ1n) is 18.2. The number of benzene rings is 7. The van der Waals surface area contributed by atoms with E-state index in [0.29, 0.717) is 12.1 Å². The highest BCUT2D eigenvalue weighted by molar-refractivity contribution is 6.20. The minimum atomic E-state index is 0.107. The van der Waals surface area contributed by atoms with Crippen LogP contribution in [0.15, 0.2) is 162 Å². The van der Waals surface area contributed by atoms with E-state index in [1.807, 2.05) is 0 Å². The van der Waals surface area contributed by atoms with Gasteiger partial charge < -0.3 is 15.5 Å². The van der Waals surface area contributed by atoms with Crippen molar-refractivity contribution in [3.63, 3.8) is 0 Å². The van der Waals surface area contributed by atoms with Gasteiger partial charge in [-0.2, -0.15) is 0 Å². The van der Waals surface area contributed by atoms with Gasteiger partial charge in [-0.1, -0.05) is 103 Å². The van der Waals surface area contributed by atoms with Crippen LogP contribution in [0.5, 0.6) is 0 Å². The smallest absolute Gasteiger partial charge is 0.0948 e. The maximum Gasteiger partial charge on any atom is 0.0948 e. The Bertz CT molecular complexity index is 2420. The van der Waals surface area contributed by atoms with Gasteiger partial charge in [-0.15, -0.1) is 0 Å². The van der Waals surface area contributed by atoms with Crippen LogP contribution in [0, 0.1) is 27.7 Å². The van der Waals surface area contributed by atoms with Crippen molar-refractivity contribution in [2.45, 2.75) is 46.6 Å². The van der Waals surface area contributed by atoms with Crippen molar-refractivity contribution >= 4 is 61.4 Å². The van der Waals surface area contributed by atoms with Crippen LogP contribution in [0.1, 0.15) is 35.1 Å². The molecule has 0 radical (unpaired) electrons. The van der Waals surface area contributed by atoms with Gasteiger partial charge in [-0.25, -0.2) is 4.99 Å². The lowest BCUT2D eigenvalue weighted by atomic mass is 9.92. The molecule has 2 N–H and O–H groups in total. The zero-order valence-corrected chi connectivity index (χ0v) is 30.3. The lowest BCUT2D eigenvalue weighted by Gasteiger charge is -2.39. The van der Waals surface area contributed by atoms with Gasteiger partial charge in [0.15, 0.2) is 0 Å². The van der Waals surface area contributed by atoms with Gasteiger partial charge in [0.1, 0.15) is 0 Å². The molecule has 0 aliphatic heterocycles. The van der Waals surface area contributed by atoms with E-state index in [1.54, 1.807) is 0 Å². The summed E-state index contributed by atoms with van der Waals surface area (Å²) in [5.74, 6) is 0. The summed E-state index contributed by atoms with van der Waals surface area (Å²) in [6, 6.07) is 52.3. The van der Waals surface area contributed by atoms with Crippen LogP contribution in [0.3, 0.4) is 0 Å². The summed E-state index contributed by atoms with van der Waals surface area (Å²) in [7, 11) is 0. The SMILES string of the molecule is Cc1cccc(N(C2=CCC(N(c3cccc(C)c3)c3cccc(C)c3)CC2=Nc2c(N)c3ccccc3c3ccccc23)c2cccc(C)c2)c1. The number of hydrogen-bond acceptors (Lipinski definition) is 4. The fourth-order valence-electron chi connectivity index (χ4n) is 7.79. The molecule has 0 heterocycles. The van der Waals surface area contributed by atoms with E-state index < -0.39 is 0 Å². The van der Waals surface area contributed by atoms with E-state index in [4.69, 9.17) is 10.7 Å². The minimum absolute atomic E-state index is 0.107. The molecule has 1 unspecified atom stereocenters. The van der Waals surface area contributed by atoms with Crippen molar-refractivity contribution < 1.29 is 0 Å². The molecule has 0 aromatic heterocycles. The van der Waals surface area contributed by atoms with E-state index in [-0.39, 0.29) is 6.04 Å². The Balaban J connectivity index is 1.38. The van der Waals surface area contributed by atoms with Crippen LogP contribution in [0.4, 0.5) is 34.1 Å². The van der Waals surface area contributed by atoms with Gasteiger partial charge in [-0.3, -0.25) is 0 Å². The van der Waals surface area contributed by atoms with Crippen LogP contribution in [0.25, 0.3) is 21.5 Å². The van der Waals surface area contributed by atoms with Crippen LogP contribution in [0.2, 0.25) is 0 Å². The van der Waals surface area contributed by atoms with Crippen molar-refractivity contribution in [3.8, 4) is 0 Å². The highest BCUT2D eigenvalue weighted by Gasteiger charge is 2.31. The number of nitrogens with zero attached hydrogens (tertiary/aromatic N) is 3. The van der Waals surface area contributed by atoms with Crippen molar-refractivity contribution in [1.29, 1.82) is 0 Å². The molecular formula is C48H44N4. The molecular weight excluding hydrogens is 633 g/mol. The molecule has 0 amide bonds. The molecule has 1 aliphatic carbocycles. The predicted molar refractivity (Wildman–Crippen MR) is 223 cm³/mol. The fourth-order valence-corrected chi connectivity index (χ4v) is 7.79. The average molecular weight is 677 g/mol. The Kier molecular flexibility index (Phi) is 8.82. The van der Waals surface area contributed by atoms with Crippen LogP contribution in [-0.2, 0) is 0 Å². The normalized spacial score (nSPS) is 15.2. The van der Waals surface area contributed by atoms with Gasteiger partial charge in [0, 0.05) is 46.0 Å². The Morgan fingerprint density at radius 3 is 1.48 bits per heavy atom. The zero-order valence-electron chi connectivity index (χ0n) is 30.3. The number of nitrogen functional groups attached to an aromatic ring is 1. The zero-order chi connectivity index (χ0) is 35.8. The summed E-state index contributed by atoms with van der Waals surface area (Å²) in [5, 5.41) is 4.37. The molecule has 1 aliphatic rings. The van der Waals surface area contributed by atoms with Gasteiger partial charge in [0.05, 0.1) is 22.8 Å². The number of hydrogen-bond donors (Lipinski definition) is 1.